The van der Waals surface area contributed by atoms with Crippen LogP contribution in [0.15, 0.2) is 60.7 Å². The number of esters is 3. The van der Waals surface area contributed by atoms with Crippen molar-refractivity contribution in [3.8, 4) is 23.0 Å². The summed E-state index contributed by atoms with van der Waals surface area (Å²) in [6.45, 7) is 3.50. The zero-order valence-electron chi connectivity index (χ0n) is 60.5. The first kappa shape index (κ1) is 77.8. The predicted molar refractivity (Wildman–Crippen MR) is 369 cm³/mol. The fraction of sp³-hybridized carbons (Fsp3) is 0.573. The normalized spacial score (nSPS) is 27.2. The van der Waals surface area contributed by atoms with Crippen LogP contribution in [0.1, 0.15) is 173 Å². The Hall–Kier alpha value is -8.76. The Morgan fingerprint density at radius 2 is 0.923 bits per heavy atom. The number of hydrogen-bond donors (Lipinski definition) is 4. The largest absolute Gasteiger partial charge is 1.00 e. The Morgan fingerprint density at radius 1 is 0.519 bits per heavy atom. The summed E-state index contributed by atoms with van der Waals surface area (Å²) in [5, 5.41) is 24.5. The van der Waals surface area contributed by atoms with Crippen LogP contribution in [0.2, 0.25) is 0 Å². The van der Waals surface area contributed by atoms with E-state index in [2.05, 4.69) is 31.2 Å². The molecule has 28 nitrogen and oxygen atoms in total. The Kier molecular flexibility index (Phi) is 25.8. The molecule has 2 aromatic carbocycles. The van der Waals surface area contributed by atoms with Crippen LogP contribution in [-0.2, 0) is 52.5 Å². The van der Waals surface area contributed by atoms with Gasteiger partial charge in [0.25, 0.3) is 0 Å². The van der Waals surface area contributed by atoms with E-state index < -0.39 is 107 Å². The molecule has 0 bridgehead atoms. The number of methoxy groups -OCH3 is 5. The first-order chi connectivity index (χ1) is 49.6. The number of alkyl carbamates (subject to hydrolysis) is 2. The fourth-order valence-electron chi connectivity index (χ4n) is 15.4. The summed E-state index contributed by atoms with van der Waals surface area (Å²) in [5.41, 5.74) is -0.761. The van der Waals surface area contributed by atoms with Crippen molar-refractivity contribution in [3.05, 3.63) is 83.2 Å². The van der Waals surface area contributed by atoms with Crippen molar-refractivity contribution in [2.24, 2.45) is 11.8 Å². The molecule has 2 saturated heterocycles. The van der Waals surface area contributed by atoms with Gasteiger partial charge in [0.1, 0.15) is 82.7 Å². The summed E-state index contributed by atoms with van der Waals surface area (Å²) in [6.07, 6.45) is 19.4. The Morgan fingerprint density at radius 3 is 1.32 bits per heavy atom. The number of aryl methyl sites for hydroxylation is 2. The first-order valence-corrected chi connectivity index (χ1v) is 35.9. The molecule has 4 saturated carbocycles. The van der Waals surface area contributed by atoms with E-state index in [0.29, 0.717) is 88.7 Å². The number of nitrogens with one attached hydrogen (secondary N) is 4. The monoisotopic (exact) mass is 1450 g/mol. The summed E-state index contributed by atoms with van der Waals surface area (Å²) in [7, 11) is 6.85. The number of carbonyl (C=O) groups excluding carboxylic acids is 10. The molecule has 29 heteroatoms. The predicted octanol–water partition coefficient (Wildman–Crippen LogP) is 4.17. The zero-order valence-corrected chi connectivity index (χ0v) is 62.5. The topological polar surface area (TPSA) is 357 Å². The van der Waals surface area contributed by atoms with Crippen molar-refractivity contribution < 1.29 is 125 Å². The first-order valence-electron chi connectivity index (χ1n) is 35.9. The summed E-state index contributed by atoms with van der Waals surface area (Å²) >= 11 is 0. The van der Waals surface area contributed by atoms with E-state index in [0.717, 1.165) is 89.9 Å². The van der Waals surface area contributed by atoms with Crippen molar-refractivity contribution in [3.63, 3.8) is 0 Å². The molecule has 0 spiro atoms. The van der Waals surface area contributed by atoms with Crippen molar-refractivity contribution in [1.29, 1.82) is 0 Å². The number of aromatic nitrogens is 2. The van der Waals surface area contributed by atoms with Crippen LogP contribution in [-0.4, -0.2) is 188 Å². The molecular weight excluding hydrogens is 1360 g/mol. The standard InChI is InChI=1S/C38H48N4O10.C37H46N4O10.Na/c1-22-30(48-2)17-16-26-31(19-28(35(45)49-3)39-32(22)26)51-25-18-29-33(43)41-38(36(46)50-4)20-23(38)12-8-6-5-7-9-15-27(34(44)42(29)21-25)40-37(47)52-24-13-10-11-14-24;1-21-29(48-2)16-15-25-30(18-27(34(44)45)38-31(21)25)50-24-17-28-32(42)40-37(35(46)49-3)19-22(37)11-7-5-4-6-8-14-26(33(43)41(28)20-24)39-36(47)51-23-12-9-10-13-23;/h8,12,16-17,19,23-25,27,29H,5-7,9-11,13-15,18,20-21H2,1-4H3,(H,40,47)(H,41,43);7,11,15-16,18,22-24,26,28H,4-6,8-10,12-14,17,19-20H2,1-3H3,(H,39,47)(H,40,42)(H,44,45);/q;;+1/p-1/b12-8-;11-7-;/t23?,25-,27+,29+,38-;22?,24-,26+,28+,37-;/m11./s1. The number of amides is 6. The fourth-order valence-corrected chi connectivity index (χ4v) is 15.4. The number of rotatable bonds is 14. The number of benzene rings is 2. The number of fused-ring (bicyclic) bond motifs is 6. The number of nitrogens with zero attached hydrogens (tertiary/aromatic N) is 4. The Balaban J connectivity index is 0.000000221. The number of carboxylic acids is 1. The molecule has 4 N–H and O–H groups in total. The molecule has 4 aromatic rings. The molecule has 6 fully saturated rings. The van der Waals surface area contributed by atoms with E-state index in [1.807, 2.05) is 31.2 Å². The maximum Gasteiger partial charge on any atom is 1.00 e. The molecule has 4 aliphatic heterocycles. The third-order valence-electron chi connectivity index (χ3n) is 21.2. The number of hydrogen-bond acceptors (Lipinski definition) is 22. The second kappa shape index (κ2) is 34.4. The third-order valence-corrected chi connectivity index (χ3v) is 21.2. The third kappa shape index (κ3) is 17.4. The minimum atomic E-state index is -1.50. The number of pyridine rings is 2. The quantitative estimate of drug-likeness (QED) is 0.0596. The summed E-state index contributed by atoms with van der Waals surface area (Å²) < 4.78 is 50.3. The molecule has 6 amide bonds. The SMILES string of the molecule is COC(=O)[C@@]12CC1/C=C\CCCCC[C@H](NC(=O)OC1CCCC1)C(=O)N1C[C@H](Oc3cc(C(=O)[O-])nc4c(C)c(OC)ccc34)C[C@H]1C(=O)N2.COC(=O)c1cc(O[C@@H]2C[C@H]3C(=O)N[C@]4(C(=O)OC)CC4/C=C\CCCCC[C@H](NC(=O)OC4CCCC4)C(=O)N3C2)c2ccc(OC)c(C)c2n1.[Na+]. The molecule has 2 aromatic heterocycles. The zero-order chi connectivity index (χ0) is 73.3. The molecule has 4 aliphatic carbocycles. The van der Waals surface area contributed by atoms with E-state index in [4.69, 9.17) is 42.6 Å². The van der Waals surface area contributed by atoms with E-state index in [1.54, 1.807) is 31.2 Å². The molecule has 12 rings (SSSR count). The van der Waals surface area contributed by atoms with Crippen molar-refractivity contribution in [2.75, 3.05) is 48.6 Å². The van der Waals surface area contributed by atoms with Crippen LogP contribution in [0.25, 0.3) is 21.8 Å². The molecule has 104 heavy (non-hydrogen) atoms. The minimum Gasteiger partial charge on any atom is -0.543 e. The molecule has 10 atom stereocenters. The van der Waals surface area contributed by atoms with Crippen LogP contribution < -0.4 is 74.9 Å². The van der Waals surface area contributed by atoms with Gasteiger partial charge in [-0.15, -0.1) is 0 Å². The number of aromatic carboxylic acids is 1. The van der Waals surface area contributed by atoms with E-state index in [1.165, 1.54) is 57.5 Å². The molecule has 554 valence electrons. The van der Waals surface area contributed by atoms with Crippen LogP contribution in [0.3, 0.4) is 0 Å². The van der Waals surface area contributed by atoms with E-state index in [9.17, 15) is 53.1 Å². The Labute approximate surface area is 625 Å². The summed E-state index contributed by atoms with van der Waals surface area (Å²) in [5.74, 6) is -4.25. The maximum absolute atomic E-state index is 14.5. The molecule has 6 heterocycles. The average Bonchev–Trinajstić information content (AvgIpc) is 1.54. The Bertz CT molecular complexity index is 3970. The smallest absolute Gasteiger partial charge is 0.543 e. The van der Waals surface area contributed by atoms with Gasteiger partial charge in [-0.1, -0.05) is 50.0 Å². The van der Waals surface area contributed by atoms with Crippen LogP contribution in [0.4, 0.5) is 9.59 Å². The number of allylic oxidation sites excluding steroid dienone is 2. The van der Waals surface area contributed by atoms with Crippen LogP contribution in [0.5, 0.6) is 23.0 Å². The van der Waals surface area contributed by atoms with Gasteiger partial charge in [0.15, 0.2) is 5.69 Å². The molecule has 0 radical (unpaired) electrons. The molecule has 2 unspecified atom stereocenters. The second-order valence-corrected chi connectivity index (χ2v) is 28.0. The molecular formula is C75H93N8NaO20. The van der Waals surface area contributed by atoms with Crippen molar-refractivity contribution in [1.82, 2.24) is 41.0 Å². The van der Waals surface area contributed by atoms with Gasteiger partial charge in [-0.3, -0.25) is 19.2 Å². The van der Waals surface area contributed by atoms with E-state index in [-0.39, 0.29) is 96.7 Å². The van der Waals surface area contributed by atoms with E-state index >= 15 is 0 Å². The second-order valence-electron chi connectivity index (χ2n) is 28.0. The number of carbonyl (C=O) groups is 10. The molecule has 8 aliphatic rings. The van der Waals surface area contributed by atoms with Gasteiger partial charge < -0.3 is 83.6 Å². The maximum atomic E-state index is 14.5. The van der Waals surface area contributed by atoms with Gasteiger partial charge in [-0.2, -0.15) is 0 Å². The van der Waals surface area contributed by atoms with Crippen molar-refractivity contribution >= 4 is 81.5 Å². The summed E-state index contributed by atoms with van der Waals surface area (Å²) in [6, 6.07) is 5.66. The number of ether oxygens (including phenoxy) is 9. The summed E-state index contributed by atoms with van der Waals surface area (Å²) in [4.78, 5) is 146. The van der Waals surface area contributed by atoms with Gasteiger partial charge >= 0.3 is 59.7 Å². The van der Waals surface area contributed by atoms with Crippen LogP contribution in [0, 0.1) is 25.7 Å². The van der Waals surface area contributed by atoms with Gasteiger partial charge in [0.05, 0.1) is 71.3 Å². The average molecular weight is 1450 g/mol. The van der Waals surface area contributed by atoms with Gasteiger partial charge in [0.2, 0.25) is 23.6 Å². The van der Waals surface area contributed by atoms with Gasteiger partial charge in [-0.05, 0) is 141 Å². The van der Waals surface area contributed by atoms with Crippen LogP contribution >= 0.6 is 0 Å². The van der Waals surface area contributed by atoms with Gasteiger partial charge in [0, 0.05) is 58.7 Å². The van der Waals surface area contributed by atoms with Gasteiger partial charge in [-0.25, -0.2) is 33.9 Å². The minimum absolute atomic E-state index is 0. The number of carboxylic acid groups (broad SMARTS) is 1. The van der Waals surface area contributed by atoms with Crippen molar-refractivity contribution in [2.45, 2.75) is 215 Å².